The van der Waals surface area contributed by atoms with Crippen LogP contribution in [0.2, 0.25) is 0 Å². The van der Waals surface area contributed by atoms with Gasteiger partial charge < -0.3 is 14.7 Å². The first-order chi connectivity index (χ1) is 10.6. The molecule has 0 spiro atoms. The van der Waals surface area contributed by atoms with Gasteiger partial charge in [0.15, 0.2) is 0 Å². The smallest absolute Gasteiger partial charge is 0.119 e. The molecule has 0 saturated carbocycles. The number of aliphatic hydroxyl groups excluding tert-OH is 1. The van der Waals surface area contributed by atoms with Crippen molar-refractivity contribution in [1.29, 1.82) is 0 Å². The zero-order valence-electron chi connectivity index (χ0n) is 13.4. The van der Waals surface area contributed by atoms with E-state index in [0.717, 1.165) is 24.3 Å². The molecule has 0 aromatic heterocycles. The van der Waals surface area contributed by atoms with Crippen molar-refractivity contribution in [2.24, 2.45) is 0 Å². The van der Waals surface area contributed by atoms with Gasteiger partial charge in [0.1, 0.15) is 5.75 Å². The van der Waals surface area contributed by atoms with Crippen LogP contribution in [0.1, 0.15) is 23.7 Å². The lowest BCUT2D eigenvalue weighted by Gasteiger charge is -2.20. The molecule has 1 atom stereocenters. The summed E-state index contributed by atoms with van der Waals surface area (Å²) < 4.78 is 5.74. The van der Waals surface area contributed by atoms with Gasteiger partial charge in [0, 0.05) is 13.1 Å². The minimum Gasteiger partial charge on any atom is -0.494 e. The van der Waals surface area contributed by atoms with E-state index in [4.69, 9.17) is 4.74 Å². The summed E-state index contributed by atoms with van der Waals surface area (Å²) in [6, 6.07) is 17.9. The van der Waals surface area contributed by atoms with Gasteiger partial charge in [-0.05, 0) is 43.7 Å². The van der Waals surface area contributed by atoms with Crippen LogP contribution in [-0.2, 0) is 0 Å². The summed E-state index contributed by atoms with van der Waals surface area (Å²) in [4.78, 5) is 2.14. The summed E-state index contributed by atoms with van der Waals surface area (Å²) in [6.07, 6.45) is 0.496. The first kappa shape index (κ1) is 16.5. The van der Waals surface area contributed by atoms with Gasteiger partial charge in [0.25, 0.3) is 0 Å². The fourth-order valence-electron chi connectivity index (χ4n) is 2.40. The molecule has 2 aromatic rings. The fourth-order valence-corrected chi connectivity index (χ4v) is 2.40. The third kappa shape index (κ3) is 5.51. The highest BCUT2D eigenvalue weighted by atomic mass is 16.5. The van der Waals surface area contributed by atoms with Crippen LogP contribution in [-0.4, -0.2) is 36.8 Å². The van der Waals surface area contributed by atoms with E-state index in [-0.39, 0.29) is 0 Å². The summed E-state index contributed by atoms with van der Waals surface area (Å²) in [5.41, 5.74) is 2.17. The molecule has 1 unspecified atom stereocenters. The number of nitrogens with zero attached hydrogens (tertiary/aromatic N) is 1. The average molecular weight is 299 g/mol. The monoisotopic (exact) mass is 299 g/mol. The van der Waals surface area contributed by atoms with E-state index < -0.39 is 6.10 Å². The number of ether oxygens (including phenoxy) is 1. The minimum atomic E-state index is -0.441. The zero-order chi connectivity index (χ0) is 15.8. The third-order valence-corrected chi connectivity index (χ3v) is 3.61. The number of aliphatic hydroxyl groups is 1. The summed E-state index contributed by atoms with van der Waals surface area (Å²) in [7, 11) is 2.03. The average Bonchev–Trinajstić information content (AvgIpc) is 2.52. The number of hydrogen-bond acceptors (Lipinski definition) is 3. The largest absolute Gasteiger partial charge is 0.494 e. The van der Waals surface area contributed by atoms with Crippen molar-refractivity contribution in [2.45, 2.75) is 19.4 Å². The van der Waals surface area contributed by atoms with E-state index in [1.165, 1.54) is 5.56 Å². The van der Waals surface area contributed by atoms with Gasteiger partial charge in [-0.3, -0.25) is 0 Å². The lowest BCUT2D eigenvalue weighted by molar-refractivity contribution is 0.123. The van der Waals surface area contributed by atoms with Crippen molar-refractivity contribution in [3.05, 3.63) is 65.7 Å². The summed E-state index contributed by atoms with van der Waals surface area (Å²) in [5.74, 6) is 0.923. The summed E-state index contributed by atoms with van der Waals surface area (Å²) in [5, 5.41) is 10.2. The number of benzene rings is 2. The molecule has 0 aliphatic carbocycles. The molecule has 0 saturated heterocycles. The number of rotatable bonds is 8. The first-order valence-corrected chi connectivity index (χ1v) is 7.76. The fraction of sp³-hybridized carbons (Fsp3) is 0.368. The maximum atomic E-state index is 10.2. The Labute approximate surface area is 133 Å². The Morgan fingerprint density at radius 1 is 1.09 bits per heavy atom. The molecule has 0 amide bonds. The Morgan fingerprint density at radius 3 is 2.59 bits per heavy atom. The minimum absolute atomic E-state index is 0.441. The molecule has 22 heavy (non-hydrogen) atoms. The topological polar surface area (TPSA) is 32.7 Å². The third-order valence-electron chi connectivity index (χ3n) is 3.61. The zero-order valence-corrected chi connectivity index (χ0v) is 13.4. The van der Waals surface area contributed by atoms with Crippen LogP contribution in [0.3, 0.4) is 0 Å². The lowest BCUT2D eigenvalue weighted by atomic mass is 10.1. The number of likely N-dealkylation sites (N-methyl/N-ethyl adjacent to an activating group) is 1. The molecule has 2 aromatic carbocycles. The maximum Gasteiger partial charge on any atom is 0.119 e. The second kappa shape index (κ2) is 8.57. The molecule has 3 heteroatoms. The molecule has 1 N–H and O–H groups in total. The Balaban J connectivity index is 1.66. The van der Waals surface area contributed by atoms with Crippen LogP contribution in [0, 0.1) is 6.92 Å². The molecule has 0 fully saturated rings. The highest BCUT2D eigenvalue weighted by Gasteiger charge is 2.09. The molecule has 0 bridgehead atoms. The molecular weight excluding hydrogens is 274 g/mol. The molecule has 0 radical (unpaired) electrons. The predicted octanol–water partition coefficient (Wildman–Crippen LogP) is 3.43. The van der Waals surface area contributed by atoms with Crippen molar-refractivity contribution < 1.29 is 9.84 Å². The van der Waals surface area contributed by atoms with Crippen molar-refractivity contribution in [2.75, 3.05) is 26.7 Å². The molecular formula is C19H25NO2. The quantitative estimate of drug-likeness (QED) is 0.758. The van der Waals surface area contributed by atoms with Crippen molar-refractivity contribution in [3.63, 3.8) is 0 Å². The maximum absolute atomic E-state index is 10.2. The molecule has 0 aliphatic rings. The normalized spacial score (nSPS) is 12.4. The van der Waals surface area contributed by atoms with Crippen molar-refractivity contribution in [3.8, 4) is 5.75 Å². The van der Waals surface area contributed by atoms with E-state index in [0.29, 0.717) is 13.2 Å². The highest BCUT2D eigenvalue weighted by Crippen LogP contribution is 2.14. The lowest BCUT2D eigenvalue weighted by Crippen LogP contribution is -2.26. The van der Waals surface area contributed by atoms with Crippen LogP contribution in [0.5, 0.6) is 5.75 Å². The van der Waals surface area contributed by atoms with Crippen LogP contribution in [0.25, 0.3) is 0 Å². The molecule has 118 valence electrons. The van der Waals surface area contributed by atoms with E-state index in [9.17, 15) is 5.11 Å². The molecule has 3 nitrogen and oxygen atoms in total. The van der Waals surface area contributed by atoms with Gasteiger partial charge in [-0.25, -0.2) is 0 Å². The van der Waals surface area contributed by atoms with Gasteiger partial charge >= 0.3 is 0 Å². The van der Waals surface area contributed by atoms with Crippen LogP contribution in [0.4, 0.5) is 0 Å². The summed E-state index contributed by atoms with van der Waals surface area (Å²) in [6.45, 7) is 4.28. The molecule has 0 heterocycles. The van der Waals surface area contributed by atoms with Gasteiger partial charge in [-0.15, -0.1) is 0 Å². The molecule has 0 aliphatic heterocycles. The second-order valence-electron chi connectivity index (χ2n) is 5.71. The number of hydrogen-bond donors (Lipinski definition) is 1. The highest BCUT2D eigenvalue weighted by molar-refractivity contribution is 5.27. The van der Waals surface area contributed by atoms with Crippen LogP contribution >= 0.6 is 0 Å². The standard InChI is InChI=1S/C19H25NO2/c1-16-8-6-11-18(14-16)22-13-7-12-20(2)15-19(21)17-9-4-3-5-10-17/h3-6,8-11,14,19,21H,7,12-13,15H2,1-2H3. The first-order valence-electron chi connectivity index (χ1n) is 7.76. The Morgan fingerprint density at radius 2 is 1.86 bits per heavy atom. The Bertz CT molecular complexity index is 556. The molecule has 2 rings (SSSR count). The van der Waals surface area contributed by atoms with E-state index in [1.54, 1.807) is 0 Å². The van der Waals surface area contributed by atoms with E-state index in [2.05, 4.69) is 17.9 Å². The van der Waals surface area contributed by atoms with Gasteiger partial charge in [0.05, 0.1) is 12.7 Å². The van der Waals surface area contributed by atoms with Gasteiger partial charge in [-0.1, -0.05) is 42.5 Å². The predicted molar refractivity (Wildman–Crippen MR) is 90.2 cm³/mol. The van der Waals surface area contributed by atoms with Crippen LogP contribution in [0.15, 0.2) is 54.6 Å². The summed E-state index contributed by atoms with van der Waals surface area (Å²) >= 11 is 0. The van der Waals surface area contributed by atoms with Crippen molar-refractivity contribution in [1.82, 2.24) is 4.90 Å². The second-order valence-corrected chi connectivity index (χ2v) is 5.71. The van der Waals surface area contributed by atoms with Crippen LogP contribution < -0.4 is 4.74 Å². The Hall–Kier alpha value is -1.84. The van der Waals surface area contributed by atoms with E-state index >= 15 is 0 Å². The van der Waals surface area contributed by atoms with E-state index in [1.807, 2.05) is 55.6 Å². The van der Waals surface area contributed by atoms with Crippen molar-refractivity contribution >= 4 is 0 Å². The Kier molecular flexibility index (Phi) is 6.44. The van der Waals surface area contributed by atoms with Gasteiger partial charge in [-0.2, -0.15) is 0 Å². The number of aryl methyl sites for hydroxylation is 1. The SMILES string of the molecule is Cc1cccc(OCCCN(C)CC(O)c2ccccc2)c1. The van der Waals surface area contributed by atoms with Gasteiger partial charge in [0.2, 0.25) is 0 Å².